The molecule has 0 radical (unpaired) electrons. The number of benzene rings is 2. The highest BCUT2D eigenvalue weighted by Gasteiger charge is 2.34. The normalized spacial score (nSPS) is 16.6. The summed E-state index contributed by atoms with van der Waals surface area (Å²) in [7, 11) is 0. The second-order valence-corrected chi connectivity index (χ2v) is 9.97. The Labute approximate surface area is 228 Å². The lowest BCUT2D eigenvalue weighted by molar-refractivity contribution is -0.127. The largest absolute Gasteiger partial charge is 0.376 e. The molecule has 2 aromatic heterocycles. The third-order valence-corrected chi connectivity index (χ3v) is 7.36. The molecular formula is C30H34N6O3. The van der Waals surface area contributed by atoms with Crippen LogP contribution in [0.3, 0.4) is 0 Å². The molecule has 2 amide bonds. The van der Waals surface area contributed by atoms with E-state index in [2.05, 4.69) is 34.5 Å². The minimum atomic E-state index is -0.933. The molecule has 4 aromatic rings. The van der Waals surface area contributed by atoms with Crippen molar-refractivity contribution in [2.75, 3.05) is 18.1 Å². The molecule has 5 rings (SSSR count). The van der Waals surface area contributed by atoms with E-state index in [1.165, 1.54) is 5.56 Å². The van der Waals surface area contributed by atoms with Gasteiger partial charge >= 0.3 is 0 Å². The van der Waals surface area contributed by atoms with Crippen molar-refractivity contribution in [3.05, 3.63) is 84.2 Å². The molecule has 1 aliphatic rings. The van der Waals surface area contributed by atoms with Gasteiger partial charge in [-0.25, -0.2) is 4.68 Å². The molecule has 9 heteroatoms. The van der Waals surface area contributed by atoms with Gasteiger partial charge in [0.05, 0.1) is 11.6 Å². The van der Waals surface area contributed by atoms with E-state index in [0.717, 1.165) is 24.8 Å². The van der Waals surface area contributed by atoms with Gasteiger partial charge in [-0.3, -0.25) is 19.5 Å². The van der Waals surface area contributed by atoms with Gasteiger partial charge in [0.2, 0.25) is 11.8 Å². The van der Waals surface area contributed by atoms with Gasteiger partial charge in [0, 0.05) is 36.8 Å². The first-order valence-electron chi connectivity index (χ1n) is 13.5. The van der Waals surface area contributed by atoms with Crippen molar-refractivity contribution in [3.63, 3.8) is 0 Å². The summed E-state index contributed by atoms with van der Waals surface area (Å²) in [6.07, 6.45) is 6.14. The standard InChI is InChI=1S/C30H34N6O3/c1-3-21(2)22-12-14-24(15-13-22)36(28(37)20-35-27-11-5-4-10-26(27)33-34-35)29(23-8-6-16-31-18-23)30(38)32-19-25-9-7-17-39-25/h4-6,8,10-16,18,21,25,29H,3,7,9,17,19-20H2,1-2H3,(H,32,38)/t21-,25-,29-/m0/s1. The highest BCUT2D eigenvalue weighted by Crippen LogP contribution is 2.30. The maximum absolute atomic E-state index is 14.1. The van der Waals surface area contributed by atoms with Crippen LogP contribution in [0.1, 0.15) is 56.2 Å². The maximum atomic E-state index is 14.1. The van der Waals surface area contributed by atoms with Gasteiger partial charge in [0.15, 0.2) is 0 Å². The number of hydrogen-bond acceptors (Lipinski definition) is 6. The topological polar surface area (TPSA) is 102 Å². The zero-order valence-corrected chi connectivity index (χ0v) is 22.4. The number of anilines is 1. The molecule has 39 heavy (non-hydrogen) atoms. The van der Waals surface area contributed by atoms with Crippen LogP contribution in [0.15, 0.2) is 73.1 Å². The molecule has 1 aliphatic heterocycles. The Morgan fingerprint density at radius 3 is 2.64 bits per heavy atom. The zero-order chi connectivity index (χ0) is 27.2. The first-order valence-corrected chi connectivity index (χ1v) is 13.5. The molecule has 3 heterocycles. The second kappa shape index (κ2) is 12.2. The van der Waals surface area contributed by atoms with E-state index in [-0.39, 0.29) is 24.5 Å². The highest BCUT2D eigenvalue weighted by molar-refractivity contribution is 6.01. The van der Waals surface area contributed by atoms with E-state index >= 15 is 0 Å². The number of rotatable bonds is 10. The number of aromatic nitrogens is 4. The van der Waals surface area contributed by atoms with Gasteiger partial charge < -0.3 is 10.1 Å². The molecule has 0 spiro atoms. The Bertz CT molecular complexity index is 1400. The van der Waals surface area contributed by atoms with Crippen LogP contribution in [0.2, 0.25) is 0 Å². The average Bonchev–Trinajstić information content (AvgIpc) is 3.65. The lowest BCUT2D eigenvalue weighted by atomic mass is 9.98. The Hall–Kier alpha value is -4.11. The number of nitrogens with one attached hydrogen (secondary N) is 1. The van der Waals surface area contributed by atoms with E-state index in [0.29, 0.717) is 35.8 Å². The van der Waals surface area contributed by atoms with Crippen LogP contribution in [-0.4, -0.2) is 51.0 Å². The number of carbonyl (C=O) groups excluding carboxylic acids is 2. The third kappa shape index (κ3) is 5.98. The first kappa shape index (κ1) is 26.5. The Kier molecular flexibility index (Phi) is 8.27. The summed E-state index contributed by atoms with van der Waals surface area (Å²) < 4.78 is 7.28. The van der Waals surface area contributed by atoms with Gasteiger partial charge in [0.1, 0.15) is 18.1 Å². The molecule has 0 saturated carbocycles. The fourth-order valence-electron chi connectivity index (χ4n) is 4.95. The number of nitrogens with zero attached hydrogens (tertiary/aromatic N) is 5. The van der Waals surface area contributed by atoms with Crippen LogP contribution in [0.5, 0.6) is 0 Å². The quantitative estimate of drug-likeness (QED) is 0.328. The molecule has 0 bridgehead atoms. The smallest absolute Gasteiger partial charge is 0.249 e. The number of hydrogen-bond donors (Lipinski definition) is 1. The van der Waals surface area contributed by atoms with E-state index < -0.39 is 6.04 Å². The summed E-state index contributed by atoms with van der Waals surface area (Å²) in [4.78, 5) is 33.8. The van der Waals surface area contributed by atoms with Gasteiger partial charge in [-0.1, -0.05) is 49.4 Å². The summed E-state index contributed by atoms with van der Waals surface area (Å²) in [5.41, 5.74) is 3.87. The number of ether oxygens (including phenoxy) is 1. The summed E-state index contributed by atoms with van der Waals surface area (Å²) >= 11 is 0. The van der Waals surface area contributed by atoms with Crippen molar-refractivity contribution in [1.29, 1.82) is 0 Å². The van der Waals surface area contributed by atoms with Crippen LogP contribution in [-0.2, 0) is 20.9 Å². The van der Waals surface area contributed by atoms with E-state index in [1.54, 1.807) is 28.0 Å². The lowest BCUT2D eigenvalue weighted by Gasteiger charge is -2.32. The molecule has 1 fully saturated rings. The molecule has 2 aromatic carbocycles. The fraction of sp³-hybridized carbons (Fsp3) is 0.367. The van der Waals surface area contributed by atoms with Crippen molar-refractivity contribution < 1.29 is 14.3 Å². The first-order chi connectivity index (χ1) is 19.0. The van der Waals surface area contributed by atoms with Gasteiger partial charge in [-0.15, -0.1) is 5.10 Å². The number of amides is 2. The van der Waals surface area contributed by atoms with Gasteiger partial charge in [0.25, 0.3) is 0 Å². The van der Waals surface area contributed by atoms with E-state index in [9.17, 15) is 9.59 Å². The number of para-hydroxylation sites is 1. The van der Waals surface area contributed by atoms with Crippen molar-refractivity contribution in [2.45, 2.75) is 57.7 Å². The van der Waals surface area contributed by atoms with E-state index in [1.807, 2.05) is 54.6 Å². The molecule has 1 saturated heterocycles. The Morgan fingerprint density at radius 2 is 1.92 bits per heavy atom. The Morgan fingerprint density at radius 1 is 1.10 bits per heavy atom. The molecule has 1 N–H and O–H groups in total. The molecule has 202 valence electrons. The van der Waals surface area contributed by atoms with Crippen LogP contribution in [0.4, 0.5) is 5.69 Å². The zero-order valence-electron chi connectivity index (χ0n) is 22.4. The van der Waals surface area contributed by atoms with Gasteiger partial charge in [-0.05, 0) is 61.1 Å². The van der Waals surface area contributed by atoms with Crippen molar-refractivity contribution in [2.24, 2.45) is 0 Å². The van der Waals surface area contributed by atoms with Crippen molar-refractivity contribution in [3.8, 4) is 0 Å². The third-order valence-electron chi connectivity index (χ3n) is 7.36. The predicted octanol–water partition coefficient (Wildman–Crippen LogP) is 4.41. The molecular weight excluding hydrogens is 492 g/mol. The number of carbonyl (C=O) groups is 2. The Balaban J connectivity index is 1.52. The van der Waals surface area contributed by atoms with Crippen LogP contribution >= 0.6 is 0 Å². The van der Waals surface area contributed by atoms with Crippen molar-refractivity contribution in [1.82, 2.24) is 25.3 Å². The maximum Gasteiger partial charge on any atom is 0.249 e. The van der Waals surface area contributed by atoms with Crippen LogP contribution in [0.25, 0.3) is 11.0 Å². The average molecular weight is 527 g/mol. The lowest BCUT2D eigenvalue weighted by Crippen LogP contribution is -2.46. The summed E-state index contributed by atoms with van der Waals surface area (Å²) in [6.45, 7) is 5.33. The summed E-state index contributed by atoms with van der Waals surface area (Å²) in [5.74, 6) is -0.196. The molecule has 0 aliphatic carbocycles. The van der Waals surface area contributed by atoms with Crippen molar-refractivity contribution >= 4 is 28.5 Å². The minimum Gasteiger partial charge on any atom is -0.376 e. The fourth-order valence-corrected chi connectivity index (χ4v) is 4.95. The summed E-state index contributed by atoms with van der Waals surface area (Å²) in [5, 5.41) is 11.4. The minimum absolute atomic E-state index is 0.0241. The second-order valence-electron chi connectivity index (χ2n) is 9.97. The summed E-state index contributed by atoms with van der Waals surface area (Å²) in [6, 6.07) is 18.0. The highest BCUT2D eigenvalue weighted by atomic mass is 16.5. The molecule has 3 atom stereocenters. The monoisotopic (exact) mass is 526 g/mol. The SMILES string of the molecule is CC[C@H](C)c1ccc(N(C(=O)Cn2nnc3ccccc32)[C@H](C(=O)NC[C@@H]2CCCO2)c2cccnc2)cc1. The number of fused-ring (bicyclic) bond motifs is 1. The van der Waals surface area contributed by atoms with Crippen LogP contribution < -0.4 is 10.2 Å². The predicted molar refractivity (Wildman–Crippen MR) is 149 cm³/mol. The van der Waals surface area contributed by atoms with E-state index in [4.69, 9.17) is 4.74 Å². The molecule has 9 nitrogen and oxygen atoms in total. The van der Waals surface area contributed by atoms with Crippen LogP contribution in [0, 0.1) is 0 Å². The number of pyridine rings is 1. The molecule has 0 unspecified atom stereocenters. The van der Waals surface area contributed by atoms with Gasteiger partial charge in [-0.2, -0.15) is 0 Å².